The highest BCUT2D eigenvalue weighted by atomic mass is 32.2. The van der Waals surface area contributed by atoms with Crippen LogP contribution in [-0.4, -0.2) is 37.4 Å². The number of pyridine rings is 1. The molecule has 8 heteroatoms. The highest BCUT2D eigenvalue weighted by Gasteiger charge is 2.43. The van der Waals surface area contributed by atoms with Crippen molar-refractivity contribution in [3.05, 3.63) is 66.2 Å². The van der Waals surface area contributed by atoms with E-state index in [9.17, 15) is 8.42 Å². The molecule has 0 radical (unpaired) electrons. The van der Waals surface area contributed by atoms with E-state index in [4.69, 9.17) is 9.25 Å². The van der Waals surface area contributed by atoms with Gasteiger partial charge in [-0.2, -0.15) is 5.06 Å². The van der Waals surface area contributed by atoms with Crippen molar-refractivity contribution in [3.8, 4) is 0 Å². The van der Waals surface area contributed by atoms with Crippen molar-refractivity contribution >= 4 is 20.9 Å². The molecule has 0 unspecified atom stereocenters. The number of hydrogen-bond acceptors (Lipinski definition) is 6. The average molecular weight is 373 g/mol. The maximum absolute atomic E-state index is 12.9. The van der Waals surface area contributed by atoms with Gasteiger partial charge in [0, 0.05) is 18.6 Å². The normalized spacial score (nSPS) is 21.4. The van der Waals surface area contributed by atoms with Crippen molar-refractivity contribution in [2.45, 2.75) is 17.8 Å². The predicted molar refractivity (Wildman–Crippen MR) is 96.5 cm³/mol. The Hall–Kier alpha value is -2.26. The van der Waals surface area contributed by atoms with E-state index >= 15 is 0 Å². The summed E-state index contributed by atoms with van der Waals surface area (Å²) in [6.07, 6.45) is 3.21. The summed E-state index contributed by atoms with van der Waals surface area (Å²) in [7, 11) is -1.88. The van der Waals surface area contributed by atoms with E-state index in [1.165, 1.54) is 6.26 Å². The first-order valence-corrected chi connectivity index (χ1v) is 9.81. The molecule has 1 aliphatic rings. The molecule has 1 saturated heterocycles. The Morgan fingerprint density at radius 2 is 2.08 bits per heavy atom. The Labute approximate surface area is 151 Å². The average Bonchev–Trinajstić information content (AvgIpc) is 3.29. The van der Waals surface area contributed by atoms with E-state index in [2.05, 4.69) is 9.71 Å². The maximum Gasteiger partial charge on any atom is 0.219 e. The van der Waals surface area contributed by atoms with Gasteiger partial charge < -0.3 is 4.42 Å². The molecule has 0 saturated carbocycles. The Morgan fingerprint density at radius 3 is 2.88 bits per heavy atom. The van der Waals surface area contributed by atoms with Gasteiger partial charge >= 0.3 is 0 Å². The molecule has 0 bridgehead atoms. The molecule has 0 amide bonds. The molecule has 136 valence electrons. The van der Waals surface area contributed by atoms with Gasteiger partial charge in [-0.25, -0.2) is 13.1 Å². The number of benzene rings is 1. The van der Waals surface area contributed by atoms with Gasteiger partial charge in [-0.05, 0) is 29.8 Å². The number of hydroxylamine groups is 2. The third kappa shape index (κ3) is 3.12. The summed E-state index contributed by atoms with van der Waals surface area (Å²) >= 11 is 0. The van der Waals surface area contributed by atoms with Crippen molar-refractivity contribution in [2.75, 3.05) is 13.7 Å². The molecule has 1 aromatic carbocycles. The molecule has 7 nitrogen and oxygen atoms in total. The fraction of sp³-hybridized carbons (Fsp3) is 0.278. The van der Waals surface area contributed by atoms with Crippen molar-refractivity contribution in [1.82, 2.24) is 14.8 Å². The fourth-order valence-electron chi connectivity index (χ4n) is 3.32. The lowest BCUT2D eigenvalue weighted by atomic mass is 10.00. The molecule has 4 rings (SSSR count). The lowest BCUT2D eigenvalue weighted by Crippen LogP contribution is -2.39. The Kier molecular flexibility index (Phi) is 4.49. The van der Waals surface area contributed by atoms with Gasteiger partial charge in [-0.15, -0.1) is 0 Å². The standard InChI is InChI=1S/C18H19N3O4S/c1-21-18(15-8-9-19-16-7-3-2-6-14(15)16)17(12-25-21)26(22,23)20-11-13-5-4-10-24-13/h2-10,17-18,20H,11-12H2,1H3/t17-,18+/m0/s1. The monoisotopic (exact) mass is 373 g/mol. The van der Waals surface area contributed by atoms with E-state index in [1.807, 2.05) is 30.3 Å². The first kappa shape index (κ1) is 17.2. The minimum atomic E-state index is -3.63. The van der Waals surface area contributed by atoms with Crippen molar-refractivity contribution in [1.29, 1.82) is 0 Å². The van der Waals surface area contributed by atoms with Gasteiger partial charge in [-0.1, -0.05) is 18.2 Å². The van der Waals surface area contributed by atoms with Crippen LogP contribution >= 0.6 is 0 Å². The lowest BCUT2D eigenvalue weighted by molar-refractivity contribution is -0.110. The van der Waals surface area contributed by atoms with Crippen molar-refractivity contribution in [3.63, 3.8) is 0 Å². The van der Waals surface area contributed by atoms with E-state index in [-0.39, 0.29) is 13.2 Å². The molecule has 3 heterocycles. The molecular weight excluding hydrogens is 354 g/mol. The zero-order valence-electron chi connectivity index (χ0n) is 14.2. The molecule has 0 aliphatic carbocycles. The van der Waals surface area contributed by atoms with E-state index < -0.39 is 21.3 Å². The summed E-state index contributed by atoms with van der Waals surface area (Å²) in [5.41, 5.74) is 1.70. The van der Waals surface area contributed by atoms with Crippen LogP contribution in [0, 0.1) is 0 Å². The molecule has 0 spiro atoms. The third-order valence-corrected chi connectivity index (χ3v) is 6.35. The predicted octanol–water partition coefficient (Wildman–Crippen LogP) is 2.23. The Bertz CT molecular complexity index is 999. The number of aromatic nitrogens is 1. The number of sulfonamides is 1. The number of fused-ring (bicyclic) bond motifs is 1. The SMILES string of the molecule is CN1OC[C@H](S(=O)(=O)NCc2ccco2)[C@H]1c1ccnc2ccccc12. The highest BCUT2D eigenvalue weighted by Crippen LogP contribution is 2.36. The zero-order chi connectivity index (χ0) is 18.1. The molecule has 2 atom stereocenters. The van der Waals surface area contributed by atoms with Crippen LogP contribution in [0.15, 0.2) is 59.3 Å². The first-order chi connectivity index (χ1) is 12.6. The summed E-state index contributed by atoms with van der Waals surface area (Å²) in [5, 5.41) is 1.79. The highest BCUT2D eigenvalue weighted by molar-refractivity contribution is 7.90. The van der Waals surface area contributed by atoms with E-state index in [1.54, 1.807) is 30.4 Å². The van der Waals surface area contributed by atoms with Crippen LogP contribution in [0.3, 0.4) is 0 Å². The number of rotatable bonds is 5. The van der Waals surface area contributed by atoms with Crippen LogP contribution < -0.4 is 4.72 Å². The Balaban J connectivity index is 1.67. The summed E-state index contributed by atoms with van der Waals surface area (Å²) in [5.74, 6) is 0.562. The van der Waals surface area contributed by atoms with Crippen molar-refractivity contribution in [2.24, 2.45) is 0 Å². The van der Waals surface area contributed by atoms with Crippen LogP contribution in [0.25, 0.3) is 10.9 Å². The number of hydrogen-bond donors (Lipinski definition) is 1. The largest absolute Gasteiger partial charge is 0.468 e. The second kappa shape index (κ2) is 6.81. The molecule has 26 heavy (non-hydrogen) atoms. The molecule has 3 aromatic rings. The van der Waals surface area contributed by atoms with Crippen LogP contribution in [-0.2, 0) is 21.4 Å². The van der Waals surface area contributed by atoms with Gasteiger partial charge in [0.25, 0.3) is 0 Å². The summed E-state index contributed by atoms with van der Waals surface area (Å²) in [4.78, 5) is 9.93. The number of para-hydroxylation sites is 1. The summed E-state index contributed by atoms with van der Waals surface area (Å²) in [6.45, 7) is 0.199. The maximum atomic E-state index is 12.9. The van der Waals surface area contributed by atoms with Gasteiger partial charge in [0.05, 0.1) is 31.0 Å². The minimum Gasteiger partial charge on any atom is -0.468 e. The van der Waals surface area contributed by atoms with Gasteiger partial charge in [0.2, 0.25) is 10.0 Å². The van der Waals surface area contributed by atoms with Crippen LogP contribution in [0.2, 0.25) is 0 Å². The fourth-order valence-corrected chi connectivity index (χ4v) is 4.77. The van der Waals surface area contributed by atoms with Crippen LogP contribution in [0.5, 0.6) is 0 Å². The lowest BCUT2D eigenvalue weighted by Gasteiger charge is -2.24. The van der Waals surface area contributed by atoms with Crippen molar-refractivity contribution < 1.29 is 17.7 Å². The van der Waals surface area contributed by atoms with E-state index in [0.29, 0.717) is 5.76 Å². The third-order valence-electron chi connectivity index (χ3n) is 4.61. The second-order valence-electron chi connectivity index (χ2n) is 6.19. The quantitative estimate of drug-likeness (QED) is 0.738. The smallest absolute Gasteiger partial charge is 0.219 e. The second-order valence-corrected chi connectivity index (χ2v) is 8.17. The number of nitrogens with one attached hydrogen (secondary N) is 1. The summed E-state index contributed by atoms with van der Waals surface area (Å²) in [6, 6.07) is 12.6. The van der Waals surface area contributed by atoms with Gasteiger partial charge in [-0.3, -0.25) is 9.82 Å². The minimum absolute atomic E-state index is 0.0886. The topological polar surface area (TPSA) is 84.7 Å². The van der Waals surface area contributed by atoms with Gasteiger partial charge in [0.1, 0.15) is 11.0 Å². The summed E-state index contributed by atoms with van der Waals surface area (Å²) < 4.78 is 33.7. The molecule has 1 aliphatic heterocycles. The zero-order valence-corrected chi connectivity index (χ0v) is 15.0. The number of nitrogens with zero attached hydrogens (tertiary/aromatic N) is 2. The van der Waals surface area contributed by atoms with Gasteiger partial charge in [0.15, 0.2) is 0 Å². The number of furan rings is 1. The molecule has 1 fully saturated rings. The van der Waals surface area contributed by atoms with Crippen LogP contribution in [0.4, 0.5) is 0 Å². The Morgan fingerprint density at radius 1 is 1.23 bits per heavy atom. The molecule has 2 aromatic heterocycles. The molecular formula is C18H19N3O4S. The van der Waals surface area contributed by atoms with E-state index in [0.717, 1.165) is 16.5 Å². The van der Waals surface area contributed by atoms with Crippen LogP contribution in [0.1, 0.15) is 17.4 Å². The molecule has 1 N–H and O–H groups in total. The first-order valence-electron chi connectivity index (χ1n) is 8.26.